The Kier molecular flexibility index (Phi) is 5.53. The zero-order valence-electron chi connectivity index (χ0n) is 8.57. The molecule has 0 heterocycles. The van der Waals surface area contributed by atoms with Crippen molar-refractivity contribution in [3.05, 3.63) is 34.3 Å². The van der Waals surface area contributed by atoms with Crippen LogP contribution in [0.3, 0.4) is 0 Å². The first kappa shape index (κ1) is 12.4. The van der Waals surface area contributed by atoms with Crippen LogP contribution in [-0.2, 0) is 16.1 Å². The molecule has 1 unspecified atom stereocenters. The molecule has 0 saturated heterocycles. The van der Waals surface area contributed by atoms with Crippen LogP contribution in [0.25, 0.3) is 0 Å². The van der Waals surface area contributed by atoms with Crippen LogP contribution in [-0.4, -0.2) is 26.0 Å². The summed E-state index contributed by atoms with van der Waals surface area (Å²) in [5, 5.41) is 3.15. The number of halogens is 1. The second-order valence-corrected chi connectivity index (χ2v) is 4.08. The zero-order valence-corrected chi connectivity index (χ0v) is 10.2. The second-order valence-electron chi connectivity index (χ2n) is 3.17. The van der Waals surface area contributed by atoms with Crippen molar-refractivity contribution in [1.29, 1.82) is 0 Å². The summed E-state index contributed by atoms with van der Waals surface area (Å²) in [6.45, 7) is 1.27. The van der Waals surface area contributed by atoms with E-state index in [9.17, 15) is 4.79 Å². The smallest absolute Gasteiger partial charge is 0.150 e. The number of aldehydes is 1. The molecule has 0 spiro atoms. The molecule has 1 aromatic rings. The molecule has 0 fully saturated rings. The molecule has 1 aromatic carbocycles. The molecule has 1 rings (SSSR count). The Morgan fingerprint density at radius 2 is 2.13 bits per heavy atom. The van der Waals surface area contributed by atoms with Crippen LogP contribution in [0, 0.1) is 0 Å². The maximum absolute atomic E-state index is 10.5. The molecule has 0 aromatic heterocycles. The highest BCUT2D eigenvalue weighted by Crippen LogP contribution is 2.10. The summed E-state index contributed by atoms with van der Waals surface area (Å²) in [5.74, 6) is 0. The molecule has 0 aliphatic rings. The Hall–Kier alpha value is -0.710. The van der Waals surface area contributed by atoms with Crippen LogP contribution in [0.1, 0.15) is 5.56 Å². The van der Waals surface area contributed by atoms with Crippen LogP contribution in [0.5, 0.6) is 0 Å². The summed E-state index contributed by atoms with van der Waals surface area (Å²) in [7, 11) is 1.53. The van der Waals surface area contributed by atoms with Crippen molar-refractivity contribution in [3.63, 3.8) is 0 Å². The third kappa shape index (κ3) is 4.55. The first-order chi connectivity index (χ1) is 7.26. The van der Waals surface area contributed by atoms with Gasteiger partial charge >= 0.3 is 0 Å². The highest BCUT2D eigenvalue weighted by molar-refractivity contribution is 9.10. The molecule has 0 radical (unpaired) electrons. The van der Waals surface area contributed by atoms with Crippen molar-refractivity contribution < 1.29 is 9.53 Å². The Bertz CT molecular complexity index is 300. The van der Waals surface area contributed by atoms with Crippen molar-refractivity contribution in [3.8, 4) is 0 Å². The van der Waals surface area contributed by atoms with E-state index in [1.165, 1.54) is 12.7 Å². The number of methoxy groups -OCH3 is 1. The Morgan fingerprint density at radius 3 is 2.67 bits per heavy atom. The van der Waals surface area contributed by atoms with Crippen LogP contribution < -0.4 is 5.32 Å². The SMILES string of the molecule is COC(C=O)CNCc1ccc(Br)cc1. The summed E-state index contributed by atoms with van der Waals surface area (Å²) in [6, 6.07) is 8.04. The number of hydrogen-bond donors (Lipinski definition) is 1. The largest absolute Gasteiger partial charge is 0.373 e. The first-order valence-electron chi connectivity index (χ1n) is 4.69. The molecule has 3 nitrogen and oxygen atoms in total. The number of rotatable bonds is 6. The number of ether oxygens (including phenoxy) is 1. The first-order valence-corrected chi connectivity index (χ1v) is 5.49. The number of carbonyl (C=O) groups is 1. The van der Waals surface area contributed by atoms with Crippen LogP contribution in [0.15, 0.2) is 28.7 Å². The molecule has 1 atom stereocenters. The minimum atomic E-state index is -0.361. The van der Waals surface area contributed by atoms with E-state index in [0.29, 0.717) is 6.54 Å². The third-order valence-corrected chi connectivity index (χ3v) is 2.57. The molecule has 4 heteroatoms. The van der Waals surface area contributed by atoms with Crippen molar-refractivity contribution in [2.75, 3.05) is 13.7 Å². The third-order valence-electron chi connectivity index (χ3n) is 2.04. The Balaban J connectivity index is 2.31. The molecular weight excluding hydrogens is 258 g/mol. The summed E-state index contributed by atoms with van der Waals surface area (Å²) < 4.78 is 5.98. The lowest BCUT2D eigenvalue weighted by Crippen LogP contribution is -2.29. The predicted octanol–water partition coefficient (Wildman–Crippen LogP) is 1.75. The van der Waals surface area contributed by atoms with Crippen LogP contribution in [0.4, 0.5) is 0 Å². The van der Waals surface area contributed by atoms with Crippen molar-refractivity contribution in [2.45, 2.75) is 12.6 Å². The molecule has 0 bridgehead atoms. The summed E-state index contributed by atoms with van der Waals surface area (Å²) in [5.41, 5.74) is 1.18. The van der Waals surface area contributed by atoms with Gasteiger partial charge in [0.1, 0.15) is 12.4 Å². The number of carbonyl (C=O) groups excluding carboxylic acids is 1. The van der Waals surface area contributed by atoms with Gasteiger partial charge in [-0.3, -0.25) is 0 Å². The molecule has 0 amide bonds. The average molecular weight is 272 g/mol. The van der Waals surface area contributed by atoms with E-state index in [1.807, 2.05) is 24.3 Å². The van der Waals surface area contributed by atoms with Gasteiger partial charge < -0.3 is 14.8 Å². The van der Waals surface area contributed by atoms with Gasteiger partial charge in [0.25, 0.3) is 0 Å². The van der Waals surface area contributed by atoms with Gasteiger partial charge in [0.05, 0.1) is 0 Å². The maximum atomic E-state index is 10.5. The van der Waals surface area contributed by atoms with E-state index in [1.54, 1.807) is 0 Å². The van der Waals surface area contributed by atoms with E-state index >= 15 is 0 Å². The van der Waals surface area contributed by atoms with E-state index in [-0.39, 0.29) is 6.10 Å². The van der Waals surface area contributed by atoms with Gasteiger partial charge in [0, 0.05) is 24.7 Å². The second kappa shape index (κ2) is 6.71. The molecule has 0 saturated carbocycles. The highest BCUT2D eigenvalue weighted by Gasteiger charge is 2.03. The Labute approximate surface area is 97.9 Å². The lowest BCUT2D eigenvalue weighted by atomic mass is 10.2. The van der Waals surface area contributed by atoms with Gasteiger partial charge in [0.2, 0.25) is 0 Å². The molecule has 0 aliphatic carbocycles. The highest BCUT2D eigenvalue weighted by atomic mass is 79.9. The zero-order chi connectivity index (χ0) is 11.1. The van der Waals surface area contributed by atoms with Crippen LogP contribution >= 0.6 is 15.9 Å². The van der Waals surface area contributed by atoms with Gasteiger partial charge in [-0.2, -0.15) is 0 Å². The summed E-state index contributed by atoms with van der Waals surface area (Å²) >= 11 is 3.37. The lowest BCUT2D eigenvalue weighted by molar-refractivity contribution is -0.116. The quantitative estimate of drug-likeness (QED) is 0.802. The predicted molar refractivity (Wildman–Crippen MR) is 62.7 cm³/mol. The molecular formula is C11H14BrNO2. The fourth-order valence-corrected chi connectivity index (χ4v) is 1.41. The van der Waals surface area contributed by atoms with Gasteiger partial charge in [-0.1, -0.05) is 28.1 Å². The fraction of sp³-hybridized carbons (Fsp3) is 0.364. The monoisotopic (exact) mass is 271 g/mol. The molecule has 15 heavy (non-hydrogen) atoms. The van der Waals surface area contributed by atoms with E-state index in [4.69, 9.17) is 4.74 Å². The standard InChI is InChI=1S/C11H14BrNO2/c1-15-11(8-14)7-13-6-9-2-4-10(12)5-3-9/h2-5,8,11,13H,6-7H2,1H3. The van der Waals surface area contributed by atoms with Gasteiger partial charge in [-0.15, -0.1) is 0 Å². The minimum absolute atomic E-state index is 0.361. The normalized spacial score (nSPS) is 12.4. The maximum Gasteiger partial charge on any atom is 0.150 e. The van der Waals surface area contributed by atoms with Crippen molar-refractivity contribution >= 4 is 22.2 Å². The topological polar surface area (TPSA) is 38.3 Å². The molecule has 0 aliphatic heterocycles. The summed E-state index contributed by atoms with van der Waals surface area (Å²) in [6.07, 6.45) is 0.439. The fourth-order valence-electron chi connectivity index (χ4n) is 1.15. The van der Waals surface area contributed by atoms with E-state index < -0.39 is 0 Å². The number of benzene rings is 1. The van der Waals surface area contributed by atoms with Crippen molar-refractivity contribution in [1.82, 2.24) is 5.32 Å². The van der Waals surface area contributed by atoms with Gasteiger partial charge in [0.15, 0.2) is 0 Å². The number of hydrogen-bond acceptors (Lipinski definition) is 3. The van der Waals surface area contributed by atoms with E-state index in [0.717, 1.165) is 17.3 Å². The minimum Gasteiger partial charge on any atom is -0.373 e. The average Bonchev–Trinajstić information content (AvgIpc) is 2.27. The van der Waals surface area contributed by atoms with E-state index in [2.05, 4.69) is 21.2 Å². The van der Waals surface area contributed by atoms with Gasteiger partial charge in [-0.25, -0.2) is 0 Å². The van der Waals surface area contributed by atoms with Crippen molar-refractivity contribution in [2.24, 2.45) is 0 Å². The molecule has 1 N–H and O–H groups in total. The lowest BCUT2D eigenvalue weighted by Gasteiger charge is -2.09. The Morgan fingerprint density at radius 1 is 1.47 bits per heavy atom. The number of nitrogens with one attached hydrogen (secondary N) is 1. The van der Waals surface area contributed by atoms with Crippen LogP contribution in [0.2, 0.25) is 0 Å². The molecule has 82 valence electrons. The summed E-state index contributed by atoms with van der Waals surface area (Å²) in [4.78, 5) is 10.5. The van der Waals surface area contributed by atoms with Gasteiger partial charge in [-0.05, 0) is 17.7 Å².